The van der Waals surface area contributed by atoms with Crippen molar-refractivity contribution in [3.8, 4) is 0 Å². The van der Waals surface area contributed by atoms with Gasteiger partial charge in [0.15, 0.2) is 0 Å². The third kappa shape index (κ3) is 2.97. The van der Waals surface area contributed by atoms with Crippen LogP contribution >= 0.6 is 0 Å². The lowest BCUT2D eigenvalue weighted by molar-refractivity contribution is 0.00707. The molecule has 2 atom stereocenters. The highest BCUT2D eigenvalue weighted by Crippen LogP contribution is 2.21. The Morgan fingerprint density at radius 1 is 1.47 bits per heavy atom. The van der Waals surface area contributed by atoms with Gasteiger partial charge in [0.05, 0.1) is 17.8 Å². The monoisotopic (exact) mass is 207 g/mol. The van der Waals surface area contributed by atoms with Crippen LogP contribution in [0.25, 0.3) is 0 Å². The van der Waals surface area contributed by atoms with E-state index in [4.69, 9.17) is 10.5 Å². The summed E-state index contributed by atoms with van der Waals surface area (Å²) in [4.78, 5) is 8.22. The predicted molar refractivity (Wildman–Crippen MR) is 57.2 cm³/mol. The normalized spacial score (nSPS) is 23.7. The molecule has 2 rings (SSSR count). The van der Waals surface area contributed by atoms with Crippen molar-refractivity contribution in [3.05, 3.63) is 24.3 Å². The summed E-state index contributed by atoms with van der Waals surface area (Å²) < 4.78 is 5.64. The molecule has 1 aromatic heterocycles. The molecule has 0 spiro atoms. The Bertz CT molecular complexity index is 285. The molecular weight excluding hydrogens is 190 g/mol. The van der Waals surface area contributed by atoms with E-state index in [1.54, 1.807) is 18.6 Å². The van der Waals surface area contributed by atoms with Gasteiger partial charge in [0, 0.05) is 25.2 Å². The maximum Gasteiger partial charge on any atom is 0.0754 e. The first-order valence-electron chi connectivity index (χ1n) is 5.49. The van der Waals surface area contributed by atoms with Crippen molar-refractivity contribution in [1.29, 1.82) is 0 Å². The zero-order valence-corrected chi connectivity index (χ0v) is 8.80. The van der Waals surface area contributed by atoms with E-state index in [9.17, 15) is 0 Å². The van der Waals surface area contributed by atoms with Crippen molar-refractivity contribution in [1.82, 2.24) is 9.97 Å². The maximum atomic E-state index is 6.04. The van der Waals surface area contributed by atoms with Crippen LogP contribution in [0, 0.1) is 0 Å². The molecule has 0 aliphatic carbocycles. The molecular formula is C11H17N3O. The first-order valence-corrected chi connectivity index (χ1v) is 5.49. The van der Waals surface area contributed by atoms with Gasteiger partial charge in [-0.15, -0.1) is 0 Å². The first kappa shape index (κ1) is 10.5. The van der Waals surface area contributed by atoms with Gasteiger partial charge in [-0.25, -0.2) is 0 Å². The second-order valence-electron chi connectivity index (χ2n) is 3.96. The fourth-order valence-corrected chi connectivity index (χ4v) is 1.90. The van der Waals surface area contributed by atoms with Crippen molar-refractivity contribution < 1.29 is 4.74 Å². The van der Waals surface area contributed by atoms with Crippen LogP contribution in [0.1, 0.15) is 37.4 Å². The van der Waals surface area contributed by atoms with Crippen LogP contribution in [0.3, 0.4) is 0 Å². The van der Waals surface area contributed by atoms with Crippen LogP contribution in [0.2, 0.25) is 0 Å². The topological polar surface area (TPSA) is 61.0 Å². The second kappa shape index (κ2) is 5.19. The standard InChI is InChI=1S/C11H17N3O/c12-10(11-8-13-4-5-14-11)7-9-3-1-2-6-15-9/h4-5,8-10H,1-3,6-7,12H2. The first-order chi connectivity index (χ1) is 7.36. The Morgan fingerprint density at radius 2 is 2.40 bits per heavy atom. The molecule has 0 aromatic carbocycles. The zero-order valence-electron chi connectivity index (χ0n) is 8.80. The van der Waals surface area contributed by atoms with Gasteiger partial charge in [-0.3, -0.25) is 9.97 Å². The lowest BCUT2D eigenvalue weighted by Crippen LogP contribution is -2.25. The van der Waals surface area contributed by atoms with Gasteiger partial charge in [-0.1, -0.05) is 0 Å². The van der Waals surface area contributed by atoms with E-state index in [1.165, 1.54) is 12.8 Å². The summed E-state index contributed by atoms with van der Waals surface area (Å²) in [7, 11) is 0. The van der Waals surface area contributed by atoms with E-state index in [0.29, 0.717) is 6.10 Å². The quantitative estimate of drug-likeness (QED) is 0.814. The van der Waals surface area contributed by atoms with E-state index in [-0.39, 0.29) is 6.04 Å². The van der Waals surface area contributed by atoms with E-state index in [1.807, 2.05) is 0 Å². The van der Waals surface area contributed by atoms with Crippen LogP contribution in [-0.2, 0) is 4.74 Å². The summed E-state index contributed by atoms with van der Waals surface area (Å²) in [6, 6.07) is -0.0539. The fourth-order valence-electron chi connectivity index (χ4n) is 1.90. The number of nitrogens with zero attached hydrogens (tertiary/aromatic N) is 2. The molecule has 2 heterocycles. The molecule has 0 amide bonds. The number of nitrogens with two attached hydrogens (primary N) is 1. The maximum absolute atomic E-state index is 6.04. The molecule has 0 radical (unpaired) electrons. The molecule has 1 aliphatic rings. The molecule has 0 bridgehead atoms. The van der Waals surface area contributed by atoms with Gasteiger partial charge in [0.1, 0.15) is 0 Å². The van der Waals surface area contributed by atoms with Gasteiger partial charge < -0.3 is 10.5 Å². The summed E-state index contributed by atoms with van der Waals surface area (Å²) in [5.74, 6) is 0. The van der Waals surface area contributed by atoms with Crippen LogP contribution < -0.4 is 5.73 Å². The van der Waals surface area contributed by atoms with Gasteiger partial charge in [-0.2, -0.15) is 0 Å². The van der Waals surface area contributed by atoms with Crippen molar-refractivity contribution >= 4 is 0 Å². The van der Waals surface area contributed by atoms with Crippen molar-refractivity contribution in [2.24, 2.45) is 5.73 Å². The van der Waals surface area contributed by atoms with Crippen LogP contribution in [0.4, 0.5) is 0 Å². The zero-order chi connectivity index (χ0) is 10.5. The van der Waals surface area contributed by atoms with Crippen LogP contribution in [0.15, 0.2) is 18.6 Å². The molecule has 2 unspecified atom stereocenters. The van der Waals surface area contributed by atoms with Gasteiger partial charge in [0.2, 0.25) is 0 Å². The Morgan fingerprint density at radius 3 is 3.07 bits per heavy atom. The second-order valence-corrected chi connectivity index (χ2v) is 3.96. The van der Waals surface area contributed by atoms with Crippen LogP contribution in [-0.4, -0.2) is 22.7 Å². The largest absolute Gasteiger partial charge is 0.378 e. The lowest BCUT2D eigenvalue weighted by Gasteiger charge is -2.24. The summed E-state index contributed by atoms with van der Waals surface area (Å²) in [6.07, 6.45) is 9.76. The number of rotatable bonds is 3. The molecule has 4 nitrogen and oxygen atoms in total. The predicted octanol–water partition coefficient (Wildman–Crippen LogP) is 1.44. The molecule has 1 aliphatic heterocycles. The van der Waals surface area contributed by atoms with Gasteiger partial charge in [-0.05, 0) is 25.7 Å². The number of aromatic nitrogens is 2. The van der Waals surface area contributed by atoms with E-state index < -0.39 is 0 Å². The smallest absolute Gasteiger partial charge is 0.0754 e. The molecule has 1 aromatic rings. The Hall–Kier alpha value is -1.00. The fraction of sp³-hybridized carbons (Fsp3) is 0.636. The molecule has 4 heteroatoms. The molecule has 0 saturated carbocycles. The minimum atomic E-state index is -0.0539. The van der Waals surface area contributed by atoms with Crippen LogP contribution in [0.5, 0.6) is 0 Å². The van der Waals surface area contributed by atoms with E-state index >= 15 is 0 Å². The number of hydrogen-bond acceptors (Lipinski definition) is 4. The summed E-state index contributed by atoms with van der Waals surface area (Å²) in [6.45, 7) is 0.873. The van der Waals surface area contributed by atoms with E-state index in [2.05, 4.69) is 9.97 Å². The van der Waals surface area contributed by atoms with Gasteiger partial charge in [0.25, 0.3) is 0 Å². The summed E-state index contributed by atoms with van der Waals surface area (Å²) >= 11 is 0. The van der Waals surface area contributed by atoms with E-state index in [0.717, 1.165) is 25.1 Å². The molecule has 82 valence electrons. The average molecular weight is 207 g/mol. The van der Waals surface area contributed by atoms with Crippen molar-refractivity contribution in [3.63, 3.8) is 0 Å². The highest BCUT2D eigenvalue weighted by atomic mass is 16.5. The third-order valence-corrected chi connectivity index (χ3v) is 2.75. The lowest BCUT2D eigenvalue weighted by atomic mass is 10.0. The molecule has 1 fully saturated rings. The highest BCUT2D eigenvalue weighted by Gasteiger charge is 2.18. The van der Waals surface area contributed by atoms with Crippen molar-refractivity contribution in [2.45, 2.75) is 37.8 Å². The Kier molecular flexibility index (Phi) is 3.64. The third-order valence-electron chi connectivity index (χ3n) is 2.75. The summed E-state index contributed by atoms with van der Waals surface area (Å²) in [5.41, 5.74) is 6.90. The minimum Gasteiger partial charge on any atom is -0.378 e. The van der Waals surface area contributed by atoms with Gasteiger partial charge >= 0.3 is 0 Å². The molecule has 15 heavy (non-hydrogen) atoms. The average Bonchev–Trinajstić information content (AvgIpc) is 2.31. The summed E-state index contributed by atoms with van der Waals surface area (Å²) in [5, 5.41) is 0. The minimum absolute atomic E-state index is 0.0539. The number of ether oxygens (including phenoxy) is 1. The Balaban J connectivity index is 1.88. The Labute approximate surface area is 89.9 Å². The van der Waals surface area contributed by atoms with Crippen molar-refractivity contribution in [2.75, 3.05) is 6.61 Å². The molecule has 1 saturated heterocycles. The SMILES string of the molecule is NC(CC1CCCCO1)c1cnccn1. The number of hydrogen-bond donors (Lipinski definition) is 1. The highest BCUT2D eigenvalue weighted by molar-refractivity contribution is 5.01. The molecule has 2 N–H and O–H groups in total.